The summed E-state index contributed by atoms with van der Waals surface area (Å²) >= 11 is 3.43. The molecule has 3 rings (SSSR count). The molecule has 2 unspecified atom stereocenters. The summed E-state index contributed by atoms with van der Waals surface area (Å²) in [6.45, 7) is 3.32. The van der Waals surface area contributed by atoms with Crippen molar-refractivity contribution in [2.75, 3.05) is 13.1 Å². The molecule has 21 heavy (non-hydrogen) atoms. The molecular weight excluding hydrogens is 350 g/mol. The largest absolute Gasteiger partial charge is 0.243 e. The lowest BCUT2D eigenvalue weighted by Crippen LogP contribution is -2.44. The van der Waals surface area contributed by atoms with Crippen LogP contribution >= 0.6 is 15.9 Å². The Hall–Kier alpha value is -0.390. The fourth-order valence-corrected chi connectivity index (χ4v) is 5.56. The average Bonchev–Trinajstić information content (AvgIpc) is 2.49. The number of hydrogen-bond acceptors (Lipinski definition) is 2. The average molecular weight is 372 g/mol. The van der Waals surface area contributed by atoms with Crippen molar-refractivity contribution in [2.24, 2.45) is 11.8 Å². The summed E-state index contributed by atoms with van der Waals surface area (Å²) in [5, 5.41) is 0. The summed E-state index contributed by atoms with van der Waals surface area (Å²) in [6.07, 6.45) is 6.08. The summed E-state index contributed by atoms with van der Waals surface area (Å²) in [4.78, 5) is 0.428. The number of sulfonamides is 1. The molecule has 1 aliphatic carbocycles. The Labute approximate surface area is 135 Å². The molecule has 3 nitrogen and oxygen atoms in total. The van der Waals surface area contributed by atoms with Gasteiger partial charge >= 0.3 is 0 Å². The van der Waals surface area contributed by atoms with E-state index in [1.54, 1.807) is 16.4 Å². The van der Waals surface area contributed by atoms with Gasteiger partial charge in [0.25, 0.3) is 0 Å². The standard InChI is InChI=1S/C16H22BrNO2S/c1-12-10-15(6-7-16(12)17)21(19,20)18-9-8-13-4-2-3-5-14(13)11-18/h6-7,10,13-14H,2-5,8-9,11H2,1H3. The van der Waals surface area contributed by atoms with E-state index in [1.807, 2.05) is 13.0 Å². The Bertz CT molecular complexity index is 629. The molecular formula is C16H22BrNO2S. The lowest BCUT2D eigenvalue weighted by Gasteiger charge is -2.40. The molecule has 0 radical (unpaired) electrons. The second kappa shape index (κ2) is 6.01. The molecule has 1 saturated heterocycles. The highest BCUT2D eigenvalue weighted by Gasteiger charge is 2.36. The van der Waals surface area contributed by atoms with Gasteiger partial charge in [0.15, 0.2) is 0 Å². The van der Waals surface area contributed by atoms with Crippen molar-refractivity contribution in [2.45, 2.75) is 43.9 Å². The first-order valence-electron chi connectivity index (χ1n) is 7.75. The van der Waals surface area contributed by atoms with Gasteiger partial charge in [-0.1, -0.05) is 35.2 Å². The second-order valence-electron chi connectivity index (χ2n) is 6.37. The fraction of sp³-hybridized carbons (Fsp3) is 0.625. The minimum Gasteiger partial charge on any atom is -0.207 e. The van der Waals surface area contributed by atoms with E-state index in [4.69, 9.17) is 0 Å². The van der Waals surface area contributed by atoms with Gasteiger partial charge in [0.1, 0.15) is 0 Å². The maximum atomic E-state index is 12.8. The van der Waals surface area contributed by atoms with Crippen molar-refractivity contribution in [3.8, 4) is 0 Å². The van der Waals surface area contributed by atoms with E-state index >= 15 is 0 Å². The first kappa shape index (κ1) is 15.5. The number of nitrogens with zero attached hydrogens (tertiary/aromatic N) is 1. The Kier molecular flexibility index (Phi) is 4.44. The third-order valence-electron chi connectivity index (χ3n) is 5.02. The zero-order valence-electron chi connectivity index (χ0n) is 12.4. The number of halogens is 1. The highest BCUT2D eigenvalue weighted by atomic mass is 79.9. The molecule has 1 aromatic carbocycles. The smallest absolute Gasteiger partial charge is 0.207 e. The third kappa shape index (κ3) is 3.06. The van der Waals surface area contributed by atoms with E-state index in [1.165, 1.54) is 25.7 Å². The SMILES string of the molecule is Cc1cc(S(=O)(=O)N2CCC3CCCCC3C2)ccc1Br. The maximum absolute atomic E-state index is 12.8. The Morgan fingerprint density at radius 1 is 1.14 bits per heavy atom. The molecule has 1 aliphatic heterocycles. The lowest BCUT2D eigenvalue weighted by molar-refractivity contribution is 0.136. The molecule has 0 aromatic heterocycles. The molecule has 0 amide bonds. The lowest BCUT2D eigenvalue weighted by atomic mass is 9.76. The van der Waals surface area contributed by atoms with Crippen LogP contribution in [0.2, 0.25) is 0 Å². The fourth-order valence-electron chi connectivity index (χ4n) is 3.71. The van der Waals surface area contributed by atoms with Crippen LogP contribution < -0.4 is 0 Å². The summed E-state index contributed by atoms with van der Waals surface area (Å²) in [6, 6.07) is 5.31. The summed E-state index contributed by atoms with van der Waals surface area (Å²) < 4.78 is 28.3. The molecule has 116 valence electrons. The van der Waals surface area contributed by atoms with Crippen molar-refractivity contribution in [3.63, 3.8) is 0 Å². The zero-order valence-corrected chi connectivity index (χ0v) is 14.8. The second-order valence-corrected chi connectivity index (χ2v) is 9.16. The summed E-state index contributed by atoms with van der Waals surface area (Å²) in [5.41, 5.74) is 0.962. The third-order valence-corrected chi connectivity index (χ3v) is 7.77. The molecule has 0 bridgehead atoms. The highest BCUT2D eigenvalue weighted by Crippen LogP contribution is 2.37. The van der Waals surface area contributed by atoms with Crippen LogP contribution in [0.5, 0.6) is 0 Å². The Balaban J connectivity index is 1.83. The van der Waals surface area contributed by atoms with E-state index < -0.39 is 10.0 Å². The van der Waals surface area contributed by atoms with E-state index in [-0.39, 0.29) is 0 Å². The number of aryl methyl sites for hydroxylation is 1. The normalized spacial score (nSPS) is 27.3. The molecule has 1 heterocycles. The maximum Gasteiger partial charge on any atom is 0.243 e. The molecule has 2 fully saturated rings. The van der Waals surface area contributed by atoms with Crippen molar-refractivity contribution in [3.05, 3.63) is 28.2 Å². The number of piperidine rings is 1. The van der Waals surface area contributed by atoms with Gasteiger partial charge in [0.05, 0.1) is 4.90 Å². The van der Waals surface area contributed by atoms with E-state index in [9.17, 15) is 8.42 Å². The predicted molar refractivity (Wildman–Crippen MR) is 87.7 cm³/mol. The van der Waals surface area contributed by atoms with E-state index in [2.05, 4.69) is 15.9 Å². The minimum atomic E-state index is -3.34. The molecule has 2 atom stereocenters. The van der Waals surface area contributed by atoms with Gasteiger partial charge in [-0.15, -0.1) is 0 Å². The monoisotopic (exact) mass is 371 g/mol. The van der Waals surface area contributed by atoms with Crippen molar-refractivity contribution in [1.82, 2.24) is 4.31 Å². The first-order valence-corrected chi connectivity index (χ1v) is 9.98. The van der Waals surface area contributed by atoms with Crippen molar-refractivity contribution >= 4 is 26.0 Å². The topological polar surface area (TPSA) is 37.4 Å². The number of benzene rings is 1. The number of fused-ring (bicyclic) bond motifs is 1. The van der Waals surface area contributed by atoms with Crippen LogP contribution in [-0.4, -0.2) is 25.8 Å². The van der Waals surface area contributed by atoms with Gasteiger partial charge in [-0.2, -0.15) is 4.31 Å². The summed E-state index contributed by atoms with van der Waals surface area (Å²) in [5.74, 6) is 1.32. The molecule has 0 N–H and O–H groups in total. The molecule has 5 heteroatoms. The van der Waals surface area contributed by atoms with E-state index in [0.717, 1.165) is 22.4 Å². The Morgan fingerprint density at radius 2 is 1.86 bits per heavy atom. The van der Waals surface area contributed by atoms with Gasteiger partial charge in [-0.05, 0) is 55.4 Å². The summed E-state index contributed by atoms with van der Waals surface area (Å²) in [7, 11) is -3.34. The Morgan fingerprint density at radius 3 is 2.57 bits per heavy atom. The van der Waals surface area contributed by atoms with Gasteiger partial charge in [0.2, 0.25) is 10.0 Å². The quantitative estimate of drug-likeness (QED) is 0.788. The molecule has 1 aromatic rings. The molecule has 0 spiro atoms. The van der Waals surface area contributed by atoms with Crippen LogP contribution in [-0.2, 0) is 10.0 Å². The van der Waals surface area contributed by atoms with Gasteiger partial charge in [-0.25, -0.2) is 8.42 Å². The predicted octanol–water partition coefficient (Wildman–Crippen LogP) is 3.96. The molecule has 1 saturated carbocycles. The minimum absolute atomic E-state index is 0.428. The van der Waals surface area contributed by atoms with Crippen molar-refractivity contribution in [1.29, 1.82) is 0 Å². The van der Waals surface area contributed by atoms with Crippen LogP contribution in [0.25, 0.3) is 0 Å². The van der Waals surface area contributed by atoms with Crippen LogP contribution in [0, 0.1) is 18.8 Å². The van der Waals surface area contributed by atoms with E-state index in [0.29, 0.717) is 23.9 Å². The van der Waals surface area contributed by atoms with Gasteiger partial charge < -0.3 is 0 Å². The van der Waals surface area contributed by atoms with Crippen molar-refractivity contribution < 1.29 is 8.42 Å². The highest BCUT2D eigenvalue weighted by molar-refractivity contribution is 9.10. The zero-order chi connectivity index (χ0) is 15.0. The number of hydrogen-bond donors (Lipinski definition) is 0. The van der Waals surface area contributed by atoms with Gasteiger partial charge in [-0.3, -0.25) is 0 Å². The van der Waals surface area contributed by atoms with Gasteiger partial charge in [0, 0.05) is 17.6 Å². The van der Waals surface area contributed by atoms with Crippen LogP contribution in [0.15, 0.2) is 27.6 Å². The number of rotatable bonds is 2. The van der Waals surface area contributed by atoms with Crippen LogP contribution in [0.4, 0.5) is 0 Å². The van der Waals surface area contributed by atoms with Crippen LogP contribution in [0.1, 0.15) is 37.7 Å². The first-order chi connectivity index (χ1) is 9.98. The van der Waals surface area contributed by atoms with Crippen LogP contribution in [0.3, 0.4) is 0 Å². The molecule has 2 aliphatic rings.